The zero-order valence-electron chi connectivity index (χ0n) is 14.4. The molecule has 1 saturated heterocycles. The van der Waals surface area contributed by atoms with E-state index in [1.165, 1.54) is 23.3 Å². The SMILES string of the molecule is CCc1ccc2c(c1)[C@H]1O[C@H](CO)CC[C@H]1[C@@H](c1ccc(F)cc1)N2. The number of rotatable bonds is 3. The first-order chi connectivity index (χ1) is 12.2. The normalized spacial score (nSPS) is 28.0. The molecular weight excluding hydrogens is 317 g/mol. The Bertz CT molecular complexity index is 746. The summed E-state index contributed by atoms with van der Waals surface area (Å²) >= 11 is 0. The lowest BCUT2D eigenvalue weighted by Gasteiger charge is -2.45. The van der Waals surface area contributed by atoms with E-state index in [2.05, 4.69) is 30.4 Å². The molecule has 0 bridgehead atoms. The molecule has 0 aromatic heterocycles. The summed E-state index contributed by atoms with van der Waals surface area (Å²) in [6, 6.07) is 13.3. The van der Waals surface area contributed by atoms with Crippen molar-refractivity contribution in [3.8, 4) is 0 Å². The average Bonchev–Trinajstić information content (AvgIpc) is 2.67. The minimum Gasteiger partial charge on any atom is -0.394 e. The highest BCUT2D eigenvalue weighted by Crippen LogP contribution is 2.50. The summed E-state index contributed by atoms with van der Waals surface area (Å²) in [5.41, 5.74) is 4.62. The van der Waals surface area contributed by atoms with Crippen LogP contribution in [0.2, 0.25) is 0 Å². The van der Waals surface area contributed by atoms with Crippen molar-refractivity contribution in [2.75, 3.05) is 11.9 Å². The van der Waals surface area contributed by atoms with Crippen LogP contribution in [0.25, 0.3) is 0 Å². The van der Waals surface area contributed by atoms with Gasteiger partial charge in [0.15, 0.2) is 0 Å². The van der Waals surface area contributed by atoms with Gasteiger partial charge in [0.2, 0.25) is 0 Å². The van der Waals surface area contributed by atoms with Gasteiger partial charge in [0.05, 0.1) is 24.9 Å². The second kappa shape index (κ2) is 6.77. The number of halogens is 1. The van der Waals surface area contributed by atoms with Crippen molar-refractivity contribution in [1.82, 2.24) is 0 Å². The van der Waals surface area contributed by atoms with Gasteiger partial charge in [0.1, 0.15) is 5.82 Å². The molecule has 3 nitrogen and oxygen atoms in total. The number of hydrogen-bond acceptors (Lipinski definition) is 3. The fourth-order valence-electron chi connectivity index (χ4n) is 4.16. The van der Waals surface area contributed by atoms with Crippen LogP contribution >= 0.6 is 0 Å². The van der Waals surface area contributed by atoms with Crippen LogP contribution in [0, 0.1) is 11.7 Å². The van der Waals surface area contributed by atoms with E-state index in [0.717, 1.165) is 30.5 Å². The average molecular weight is 341 g/mol. The molecule has 2 heterocycles. The number of hydrogen-bond donors (Lipinski definition) is 2. The van der Waals surface area contributed by atoms with Crippen molar-refractivity contribution >= 4 is 5.69 Å². The van der Waals surface area contributed by atoms with Gasteiger partial charge in [-0.2, -0.15) is 0 Å². The van der Waals surface area contributed by atoms with Gasteiger partial charge in [-0.05, 0) is 48.6 Å². The summed E-state index contributed by atoms with van der Waals surface area (Å²) in [5, 5.41) is 13.2. The molecule has 2 aliphatic heterocycles. The molecule has 0 aliphatic carbocycles. The Balaban J connectivity index is 1.75. The predicted molar refractivity (Wildman–Crippen MR) is 96.0 cm³/mol. The summed E-state index contributed by atoms with van der Waals surface area (Å²) in [5.74, 6) is 0.0530. The Kier molecular flexibility index (Phi) is 4.48. The van der Waals surface area contributed by atoms with E-state index < -0.39 is 0 Å². The number of benzene rings is 2. The zero-order valence-corrected chi connectivity index (χ0v) is 14.4. The Morgan fingerprint density at radius 3 is 2.68 bits per heavy atom. The van der Waals surface area contributed by atoms with E-state index in [4.69, 9.17) is 4.74 Å². The molecule has 2 N–H and O–H groups in total. The Morgan fingerprint density at radius 2 is 1.96 bits per heavy atom. The molecule has 25 heavy (non-hydrogen) atoms. The summed E-state index contributed by atoms with van der Waals surface area (Å²) in [4.78, 5) is 0. The van der Waals surface area contributed by atoms with Crippen LogP contribution in [-0.2, 0) is 11.2 Å². The third kappa shape index (κ3) is 3.05. The first-order valence-corrected chi connectivity index (χ1v) is 9.10. The largest absolute Gasteiger partial charge is 0.394 e. The Hall–Kier alpha value is -1.91. The van der Waals surface area contributed by atoms with Crippen LogP contribution in [0.5, 0.6) is 0 Å². The highest BCUT2D eigenvalue weighted by Gasteiger charge is 2.42. The molecule has 0 amide bonds. The van der Waals surface area contributed by atoms with E-state index >= 15 is 0 Å². The van der Waals surface area contributed by atoms with Crippen molar-refractivity contribution < 1.29 is 14.2 Å². The predicted octanol–water partition coefficient (Wildman–Crippen LogP) is 4.38. The van der Waals surface area contributed by atoms with Crippen molar-refractivity contribution in [3.63, 3.8) is 0 Å². The Morgan fingerprint density at radius 1 is 1.16 bits per heavy atom. The van der Waals surface area contributed by atoms with Crippen LogP contribution in [0.1, 0.15) is 48.6 Å². The minimum absolute atomic E-state index is 0.0382. The second-order valence-corrected chi connectivity index (χ2v) is 7.05. The number of anilines is 1. The maximum absolute atomic E-state index is 13.3. The monoisotopic (exact) mass is 341 g/mol. The number of aliphatic hydroxyl groups is 1. The Labute approximate surface area is 147 Å². The second-order valence-electron chi connectivity index (χ2n) is 7.05. The van der Waals surface area contributed by atoms with Gasteiger partial charge in [-0.3, -0.25) is 0 Å². The van der Waals surface area contributed by atoms with Crippen molar-refractivity contribution in [2.24, 2.45) is 5.92 Å². The topological polar surface area (TPSA) is 41.5 Å². The molecule has 0 unspecified atom stereocenters. The van der Waals surface area contributed by atoms with Gasteiger partial charge in [-0.25, -0.2) is 4.39 Å². The van der Waals surface area contributed by atoms with Gasteiger partial charge in [-0.1, -0.05) is 31.2 Å². The lowest BCUT2D eigenvalue weighted by atomic mass is 9.76. The van der Waals surface area contributed by atoms with Gasteiger partial charge in [0.25, 0.3) is 0 Å². The van der Waals surface area contributed by atoms with Gasteiger partial charge < -0.3 is 15.2 Å². The van der Waals surface area contributed by atoms with Gasteiger partial charge >= 0.3 is 0 Å². The highest BCUT2D eigenvalue weighted by molar-refractivity contribution is 5.58. The molecule has 132 valence electrons. The first kappa shape index (κ1) is 16.6. The molecule has 4 rings (SSSR count). The number of ether oxygens (including phenoxy) is 1. The van der Waals surface area contributed by atoms with Crippen molar-refractivity contribution in [2.45, 2.75) is 44.4 Å². The summed E-state index contributed by atoms with van der Waals surface area (Å²) in [6.07, 6.45) is 2.66. The molecule has 2 aromatic carbocycles. The molecule has 1 fully saturated rings. The molecular formula is C21H24FNO2. The molecule has 0 saturated carbocycles. The van der Waals surface area contributed by atoms with Crippen LogP contribution in [0.15, 0.2) is 42.5 Å². The third-order valence-electron chi connectivity index (χ3n) is 5.55. The molecule has 2 aliphatic rings. The summed E-state index contributed by atoms with van der Waals surface area (Å²) in [7, 11) is 0. The fraction of sp³-hybridized carbons (Fsp3) is 0.429. The van der Waals surface area contributed by atoms with Crippen LogP contribution in [-0.4, -0.2) is 17.8 Å². The fourth-order valence-corrected chi connectivity index (χ4v) is 4.16. The quantitative estimate of drug-likeness (QED) is 0.870. The molecule has 2 aromatic rings. The number of aryl methyl sites for hydroxylation is 1. The van der Waals surface area contributed by atoms with E-state index in [1.807, 2.05) is 12.1 Å². The lowest BCUT2D eigenvalue weighted by Crippen LogP contribution is -2.40. The molecule has 4 heteroatoms. The van der Waals surface area contributed by atoms with E-state index in [9.17, 15) is 9.50 Å². The summed E-state index contributed by atoms with van der Waals surface area (Å²) in [6.45, 7) is 2.20. The number of aliphatic hydroxyl groups excluding tert-OH is 1. The van der Waals surface area contributed by atoms with Gasteiger partial charge in [-0.15, -0.1) is 0 Å². The molecule has 4 atom stereocenters. The van der Waals surface area contributed by atoms with Gasteiger partial charge in [0, 0.05) is 17.2 Å². The maximum atomic E-state index is 13.3. The molecule has 0 spiro atoms. The summed E-state index contributed by atoms with van der Waals surface area (Å²) < 4.78 is 19.6. The molecule has 0 radical (unpaired) electrons. The van der Waals surface area contributed by atoms with E-state index in [1.54, 1.807) is 0 Å². The van der Waals surface area contributed by atoms with Crippen LogP contribution < -0.4 is 5.32 Å². The zero-order chi connectivity index (χ0) is 17.4. The first-order valence-electron chi connectivity index (χ1n) is 9.10. The minimum atomic E-state index is -0.218. The number of fused-ring (bicyclic) bond motifs is 3. The lowest BCUT2D eigenvalue weighted by molar-refractivity contribution is -0.110. The standard InChI is InChI=1S/C21H24FNO2/c1-2-13-3-10-19-18(11-13)21-17(9-8-16(12-24)25-21)20(23-19)14-4-6-15(22)7-5-14/h3-7,10-11,16-17,20-21,23-24H,2,8-9,12H2,1H3/t16-,17-,20+,21-/m0/s1. The van der Waals surface area contributed by atoms with E-state index in [-0.39, 0.29) is 36.6 Å². The number of nitrogens with one attached hydrogen (secondary N) is 1. The smallest absolute Gasteiger partial charge is 0.123 e. The van der Waals surface area contributed by atoms with E-state index in [0.29, 0.717) is 0 Å². The maximum Gasteiger partial charge on any atom is 0.123 e. The van der Waals surface area contributed by atoms with Crippen LogP contribution in [0.4, 0.5) is 10.1 Å². The van der Waals surface area contributed by atoms with Crippen molar-refractivity contribution in [3.05, 3.63) is 65.0 Å². The van der Waals surface area contributed by atoms with Crippen LogP contribution in [0.3, 0.4) is 0 Å². The van der Waals surface area contributed by atoms with Crippen molar-refractivity contribution in [1.29, 1.82) is 0 Å². The highest BCUT2D eigenvalue weighted by atomic mass is 19.1. The third-order valence-corrected chi connectivity index (χ3v) is 5.55.